The predicted molar refractivity (Wildman–Crippen MR) is 89.0 cm³/mol. The van der Waals surface area contributed by atoms with Gasteiger partial charge in [-0.1, -0.05) is 29.8 Å². The fourth-order valence-electron chi connectivity index (χ4n) is 3.24. The molecule has 1 aromatic rings. The molecule has 1 amide bonds. The minimum atomic E-state index is 0.0583. The van der Waals surface area contributed by atoms with Crippen LogP contribution in [0.2, 0.25) is 0 Å². The summed E-state index contributed by atoms with van der Waals surface area (Å²) in [4.78, 5) is 15.2. The molecule has 1 aliphatic heterocycles. The molecule has 4 nitrogen and oxygen atoms in total. The van der Waals surface area contributed by atoms with Crippen molar-refractivity contribution < 1.29 is 14.6 Å². The normalized spacial score (nSPS) is 23.3. The second kappa shape index (κ2) is 7.75. The Morgan fingerprint density at radius 3 is 2.45 bits per heavy atom. The number of hydrogen-bond donors (Lipinski definition) is 3. The first-order valence-corrected chi connectivity index (χ1v) is 8.49. The minimum absolute atomic E-state index is 0.0583. The molecule has 1 aliphatic rings. The zero-order chi connectivity index (χ0) is 16.1. The van der Waals surface area contributed by atoms with Gasteiger partial charge in [-0.2, -0.15) is 0 Å². The third-order valence-corrected chi connectivity index (χ3v) is 4.57. The monoisotopic (exact) mass is 305 g/mol. The molecule has 4 heteroatoms. The zero-order valence-corrected chi connectivity index (χ0v) is 14.4. The summed E-state index contributed by atoms with van der Waals surface area (Å²) in [7, 11) is 0. The molecule has 0 aliphatic carbocycles. The Hall–Kier alpha value is -1.39. The summed E-state index contributed by atoms with van der Waals surface area (Å²) in [6, 6.07) is 9.08. The first-order valence-electron chi connectivity index (χ1n) is 8.49. The maximum Gasteiger partial charge on any atom is 0.278 e. The van der Waals surface area contributed by atoms with E-state index in [4.69, 9.17) is 0 Å². The number of quaternary nitrogens is 2. The van der Waals surface area contributed by atoms with Crippen molar-refractivity contribution >= 4 is 5.91 Å². The summed E-state index contributed by atoms with van der Waals surface area (Å²) in [6.45, 7) is 13.8. The molecule has 1 fully saturated rings. The van der Waals surface area contributed by atoms with Crippen molar-refractivity contribution in [3.63, 3.8) is 0 Å². The van der Waals surface area contributed by atoms with E-state index < -0.39 is 0 Å². The summed E-state index contributed by atoms with van der Waals surface area (Å²) >= 11 is 0. The highest BCUT2D eigenvalue weighted by atomic mass is 16.2. The van der Waals surface area contributed by atoms with Gasteiger partial charge in [0.15, 0.2) is 6.04 Å². The van der Waals surface area contributed by atoms with Gasteiger partial charge in [-0.25, -0.2) is 0 Å². The van der Waals surface area contributed by atoms with Crippen LogP contribution >= 0.6 is 0 Å². The topological polar surface area (TPSA) is 38.0 Å². The van der Waals surface area contributed by atoms with Crippen molar-refractivity contribution in [2.24, 2.45) is 0 Å². The average Bonchev–Trinajstić information content (AvgIpc) is 2.46. The number of aryl methyl sites for hydroxylation is 1. The quantitative estimate of drug-likeness (QED) is 0.654. The van der Waals surface area contributed by atoms with Crippen LogP contribution in [0.4, 0.5) is 0 Å². The van der Waals surface area contributed by atoms with Crippen LogP contribution in [0.5, 0.6) is 0 Å². The van der Waals surface area contributed by atoms with Crippen molar-refractivity contribution in [2.45, 2.75) is 46.3 Å². The van der Waals surface area contributed by atoms with Crippen LogP contribution in [0.15, 0.2) is 24.3 Å². The highest BCUT2D eigenvalue weighted by Gasteiger charge is 2.31. The molecule has 1 heterocycles. The molecule has 0 radical (unpaired) electrons. The zero-order valence-electron chi connectivity index (χ0n) is 14.4. The SMILES string of the molecule is Cc1cccc(C[NH+]2CC[NH+]([C@H](C)C(=O)NC(C)C)CC2)c1. The molecule has 1 saturated heterocycles. The van der Waals surface area contributed by atoms with Gasteiger partial charge in [-0.05, 0) is 27.7 Å². The third-order valence-electron chi connectivity index (χ3n) is 4.57. The van der Waals surface area contributed by atoms with Crippen LogP contribution < -0.4 is 15.1 Å². The second-order valence-corrected chi connectivity index (χ2v) is 6.96. The first kappa shape index (κ1) is 17.0. The van der Waals surface area contributed by atoms with Gasteiger partial charge in [0.1, 0.15) is 32.7 Å². The van der Waals surface area contributed by atoms with Crippen molar-refractivity contribution in [1.82, 2.24) is 5.32 Å². The summed E-state index contributed by atoms with van der Waals surface area (Å²) in [5.41, 5.74) is 2.75. The van der Waals surface area contributed by atoms with Gasteiger partial charge in [0.2, 0.25) is 0 Å². The molecule has 0 saturated carbocycles. The van der Waals surface area contributed by atoms with Crippen molar-refractivity contribution in [2.75, 3.05) is 26.2 Å². The fourth-order valence-corrected chi connectivity index (χ4v) is 3.24. The van der Waals surface area contributed by atoms with Crippen molar-refractivity contribution in [3.8, 4) is 0 Å². The lowest BCUT2D eigenvalue weighted by Crippen LogP contribution is -3.29. The van der Waals surface area contributed by atoms with Gasteiger partial charge >= 0.3 is 0 Å². The molecule has 1 aromatic carbocycles. The van der Waals surface area contributed by atoms with E-state index >= 15 is 0 Å². The van der Waals surface area contributed by atoms with Crippen molar-refractivity contribution in [3.05, 3.63) is 35.4 Å². The lowest BCUT2D eigenvalue weighted by Gasteiger charge is -2.33. The van der Waals surface area contributed by atoms with E-state index in [0.29, 0.717) is 0 Å². The third kappa shape index (κ3) is 4.82. The molecule has 1 atom stereocenters. The molecule has 0 unspecified atom stereocenters. The maximum absolute atomic E-state index is 12.1. The minimum Gasteiger partial charge on any atom is -0.349 e. The predicted octanol–water partition coefficient (Wildman–Crippen LogP) is -0.808. The van der Waals surface area contributed by atoms with Gasteiger partial charge < -0.3 is 15.1 Å². The van der Waals surface area contributed by atoms with Crippen LogP contribution in [0.3, 0.4) is 0 Å². The molecule has 0 spiro atoms. The highest BCUT2D eigenvalue weighted by molar-refractivity contribution is 5.80. The van der Waals surface area contributed by atoms with Gasteiger partial charge in [-0.15, -0.1) is 0 Å². The van der Waals surface area contributed by atoms with Crippen LogP contribution in [-0.4, -0.2) is 44.2 Å². The summed E-state index contributed by atoms with van der Waals surface area (Å²) < 4.78 is 0. The number of benzene rings is 1. The number of carbonyl (C=O) groups is 1. The largest absolute Gasteiger partial charge is 0.349 e. The van der Waals surface area contributed by atoms with E-state index in [9.17, 15) is 4.79 Å². The van der Waals surface area contributed by atoms with Crippen LogP contribution in [0.1, 0.15) is 31.9 Å². The van der Waals surface area contributed by atoms with Crippen molar-refractivity contribution in [1.29, 1.82) is 0 Å². The number of carbonyl (C=O) groups excluding carboxylic acids is 1. The Balaban J connectivity index is 1.81. The average molecular weight is 305 g/mol. The van der Waals surface area contributed by atoms with Gasteiger partial charge in [0.05, 0.1) is 0 Å². The Morgan fingerprint density at radius 1 is 1.18 bits per heavy atom. The van der Waals surface area contributed by atoms with E-state index in [-0.39, 0.29) is 18.0 Å². The Labute approximate surface area is 134 Å². The Morgan fingerprint density at radius 2 is 1.86 bits per heavy atom. The smallest absolute Gasteiger partial charge is 0.278 e. The molecule has 3 N–H and O–H groups in total. The number of rotatable bonds is 5. The Kier molecular flexibility index (Phi) is 5.98. The van der Waals surface area contributed by atoms with Crippen LogP contribution in [0.25, 0.3) is 0 Å². The summed E-state index contributed by atoms with van der Waals surface area (Å²) in [6.07, 6.45) is 0. The number of hydrogen-bond acceptors (Lipinski definition) is 1. The van der Waals surface area contributed by atoms with Gasteiger partial charge in [-0.3, -0.25) is 4.79 Å². The fraction of sp³-hybridized carbons (Fsp3) is 0.611. The number of amides is 1. The molecule has 0 bridgehead atoms. The van der Waals surface area contributed by atoms with E-state index in [1.54, 1.807) is 4.90 Å². The first-order chi connectivity index (χ1) is 10.5. The summed E-state index contributed by atoms with van der Waals surface area (Å²) in [5, 5.41) is 3.03. The number of piperazine rings is 1. The molecule has 122 valence electrons. The standard InChI is InChI=1S/C18H29N3O/c1-14(2)19-18(22)16(4)21-10-8-20(9-11-21)13-17-7-5-6-15(3)12-17/h5-7,12,14,16H,8-11,13H2,1-4H3,(H,19,22)/p+2/t16-/m1/s1. The molecular formula is C18H31N3O+2. The van der Waals surface area contributed by atoms with E-state index in [2.05, 4.69) is 43.4 Å². The van der Waals surface area contributed by atoms with E-state index in [1.165, 1.54) is 16.0 Å². The van der Waals surface area contributed by atoms with E-state index in [0.717, 1.165) is 32.7 Å². The molecular weight excluding hydrogens is 274 g/mol. The van der Waals surface area contributed by atoms with Crippen LogP contribution in [-0.2, 0) is 11.3 Å². The number of nitrogens with one attached hydrogen (secondary N) is 3. The lowest BCUT2D eigenvalue weighted by atomic mass is 10.1. The van der Waals surface area contributed by atoms with Gasteiger partial charge in [0.25, 0.3) is 5.91 Å². The van der Waals surface area contributed by atoms with Gasteiger partial charge in [0, 0.05) is 11.6 Å². The molecule has 2 rings (SSSR count). The Bertz CT molecular complexity index is 493. The molecule has 22 heavy (non-hydrogen) atoms. The summed E-state index contributed by atoms with van der Waals surface area (Å²) in [5.74, 6) is 0.187. The lowest BCUT2D eigenvalue weighted by molar-refractivity contribution is -1.02. The van der Waals surface area contributed by atoms with Crippen LogP contribution in [0, 0.1) is 6.92 Å². The van der Waals surface area contributed by atoms with E-state index in [1.807, 2.05) is 13.8 Å². The second-order valence-electron chi connectivity index (χ2n) is 6.96. The maximum atomic E-state index is 12.1. The highest BCUT2D eigenvalue weighted by Crippen LogP contribution is 2.01. The molecule has 0 aromatic heterocycles.